The number of hydrogen-bond donors (Lipinski definition) is 0. The van der Waals surface area contributed by atoms with E-state index in [1.807, 2.05) is 0 Å². The molecule has 1 aromatic carbocycles. The second-order valence-electron chi connectivity index (χ2n) is 4.27. The van der Waals surface area contributed by atoms with E-state index in [4.69, 9.17) is 11.6 Å². The molecule has 1 unspecified atom stereocenters. The van der Waals surface area contributed by atoms with E-state index >= 15 is 0 Å². The van der Waals surface area contributed by atoms with Crippen molar-refractivity contribution in [3.05, 3.63) is 59.8 Å². The van der Waals surface area contributed by atoms with E-state index in [1.165, 1.54) is 12.1 Å². The molecule has 6 heteroatoms. The lowest BCUT2D eigenvalue weighted by Crippen LogP contribution is -2.31. The molecule has 1 aliphatic rings. The van der Waals surface area contributed by atoms with Crippen LogP contribution in [0.25, 0.3) is 0 Å². The summed E-state index contributed by atoms with van der Waals surface area (Å²) in [5.41, 5.74) is -0.978. The molecule has 0 aliphatic carbocycles. The molecule has 0 N–H and O–H groups in total. The number of ketones is 1. The molecule has 2 nitrogen and oxygen atoms in total. The van der Waals surface area contributed by atoms with E-state index in [2.05, 4.69) is 0 Å². The Morgan fingerprint density at radius 3 is 2.40 bits per heavy atom. The zero-order valence-electron chi connectivity index (χ0n) is 10.3. The number of allylic oxidation sites excluding steroid dienone is 2. The Kier molecular flexibility index (Phi) is 4.18. The van der Waals surface area contributed by atoms with Gasteiger partial charge in [-0.25, -0.2) is 0 Å². The molecule has 1 atom stereocenters. The predicted molar refractivity (Wildman–Crippen MR) is 70.4 cm³/mol. The quantitative estimate of drug-likeness (QED) is 0.480. The highest BCUT2D eigenvalue weighted by molar-refractivity contribution is 6.21. The zero-order valence-corrected chi connectivity index (χ0v) is 11.0. The first-order chi connectivity index (χ1) is 9.38. The Labute approximate surface area is 119 Å². The molecular weight excluding hydrogens is 291 g/mol. The molecule has 2 rings (SSSR count). The van der Waals surface area contributed by atoms with Gasteiger partial charge in [0.05, 0.1) is 12.1 Å². The Morgan fingerprint density at radius 1 is 1.20 bits per heavy atom. The van der Waals surface area contributed by atoms with Crippen LogP contribution in [-0.2, 0) is 6.18 Å². The van der Waals surface area contributed by atoms with Crippen molar-refractivity contribution in [2.75, 3.05) is 6.54 Å². The molecule has 20 heavy (non-hydrogen) atoms. The summed E-state index contributed by atoms with van der Waals surface area (Å²) in [6.45, 7) is 0.0143. The van der Waals surface area contributed by atoms with Gasteiger partial charge in [0, 0.05) is 11.8 Å². The molecule has 0 fully saturated rings. The lowest BCUT2D eigenvalue weighted by atomic mass is 10.1. The van der Waals surface area contributed by atoms with Crippen LogP contribution >= 0.6 is 11.6 Å². The highest BCUT2D eigenvalue weighted by Gasteiger charge is 2.30. The van der Waals surface area contributed by atoms with Crippen molar-refractivity contribution < 1.29 is 18.0 Å². The third-order valence-corrected chi connectivity index (χ3v) is 3.23. The van der Waals surface area contributed by atoms with E-state index in [9.17, 15) is 18.0 Å². The molecule has 0 saturated heterocycles. The van der Waals surface area contributed by atoms with Crippen LogP contribution in [0.5, 0.6) is 0 Å². The van der Waals surface area contributed by atoms with Crippen LogP contribution in [0.2, 0.25) is 0 Å². The fourth-order valence-electron chi connectivity index (χ4n) is 1.75. The van der Waals surface area contributed by atoms with E-state index in [0.29, 0.717) is 0 Å². The van der Waals surface area contributed by atoms with Crippen molar-refractivity contribution >= 4 is 17.4 Å². The van der Waals surface area contributed by atoms with Gasteiger partial charge in [-0.15, -0.1) is 0 Å². The lowest BCUT2D eigenvalue weighted by Gasteiger charge is -2.24. The standard InChI is InChI=1S/C14H11ClF3NO/c15-13-3-1-2-8-19(13)9-12(20)10-4-6-11(7-5-10)14(16,17)18/h1-8,13H,9H2. The normalized spacial score (nSPS) is 18.4. The number of Topliss-reactive ketones (excluding diaryl/α,β-unsaturated/α-hetero) is 1. The molecule has 0 radical (unpaired) electrons. The van der Waals surface area contributed by atoms with Crippen molar-refractivity contribution in [2.45, 2.75) is 11.7 Å². The van der Waals surface area contributed by atoms with E-state index < -0.39 is 17.2 Å². The van der Waals surface area contributed by atoms with Crippen molar-refractivity contribution in [1.82, 2.24) is 4.90 Å². The van der Waals surface area contributed by atoms with Crippen molar-refractivity contribution in [3.63, 3.8) is 0 Å². The number of rotatable bonds is 3. The Balaban J connectivity index is 2.06. The average molecular weight is 302 g/mol. The van der Waals surface area contributed by atoms with Crippen LogP contribution in [-0.4, -0.2) is 22.7 Å². The number of carbonyl (C=O) groups excluding carboxylic acids is 1. The van der Waals surface area contributed by atoms with Gasteiger partial charge in [0.2, 0.25) is 0 Å². The van der Waals surface area contributed by atoms with Gasteiger partial charge in [0.1, 0.15) is 5.50 Å². The topological polar surface area (TPSA) is 20.3 Å². The van der Waals surface area contributed by atoms with Gasteiger partial charge >= 0.3 is 6.18 Å². The van der Waals surface area contributed by atoms with Crippen LogP contribution in [0.1, 0.15) is 15.9 Å². The summed E-state index contributed by atoms with van der Waals surface area (Å²) < 4.78 is 37.3. The number of halogens is 4. The first-order valence-corrected chi connectivity index (χ1v) is 6.27. The maximum atomic E-state index is 12.4. The van der Waals surface area contributed by atoms with Gasteiger partial charge in [-0.3, -0.25) is 4.79 Å². The van der Waals surface area contributed by atoms with Crippen LogP contribution in [0.15, 0.2) is 48.7 Å². The number of alkyl halides is 4. The molecule has 1 aliphatic heterocycles. The summed E-state index contributed by atoms with van der Waals surface area (Å²) in [4.78, 5) is 13.6. The lowest BCUT2D eigenvalue weighted by molar-refractivity contribution is -0.137. The smallest absolute Gasteiger partial charge is 0.350 e. The number of carbonyl (C=O) groups is 1. The first kappa shape index (κ1) is 14.7. The predicted octanol–water partition coefficient (Wildman–Crippen LogP) is 3.84. The van der Waals surface area contributed by atoms with Crippen molar-refractivity contribution in [2.24, 2.45) is 0 Å². The van der Waals surface area contributed by atoms with Crippen molar-refractivity contribution in [3.8, 4) is 0 Å². The fourth-order valence-corrected chi connectivity index (χ4v) is 1.97. The molecule has 0 bridgehead atoms. The van der Waals surface area contributed by atoms with Gasteiger partial charge in [-0.05, 0) is 24.3 Å². The average Bonchev–Trinajstić information content (AvgIpc) is 2.40. The van der Waals surface area contributed by atoms with Crippen LogP contribution < -0.4 is 0 Å². The number of benzene rings is 1. The van der Waals surface area contributed by atoms with Gasteiger partial charge in [-0.1, -0.05) is 29.8 Å². The summed E-state index contributed by atoms with van der Waals surface area (Å²) in [6.07, 6.45) is 2.47. The van der Waals surface area contributed by atoms with E-state index in [0.717, 1.165) is 12.1 Å². The highest BCUT2D eigenvalue weighted by Crippen LogP contribution is 2.29. The number of nitrogens with zero attached hydrogens (tertiary/aromatic N) is 1. The molecule has 0 spiro atoms. The van der Waals surface area contributed by atoms with Crippen molar-refractivity contribution in [1.29, 1.82) is 0 Å². The third kappa shape index (κ3) is 3.42. The van der Waals surface area contributed by atoms with Crippen LogP contribution in [0.3, 0.4) is 0 Å². The van der Waals surface area contributed by atoms with Gasteiger partial charge < -0.3 is 4.90 Å². The first-order valence-electron chi connectivity index (χ1n) is 5.83. The fraction of sp³-hybridized carbons (Fsp3) is 0.214. The summed E-state index contributed by atoms with van der Waals surface area (Å²) in [6, 6.07) is 4.16. The molecule has 0 saturated carbocycles. The Bertz CT molecular complexity index is 549. The van der Waals surface area contributed by atoms with E-state index in [1.54, 1.807) is 29.3 Å². The maximum Gasteiger partial charge on any atom is 0.416 e. The Morgan fingerprint density at radius 2 is 1.85 bits per heavy atom. The monoisotopic (exact) mass is 301 g/mol. The maximum absolute atomic E-state index is 12.4. The van der Waals surface area contributed by atoms with Gasteiger partial charge in [-0.2, -0.15) is 13.2 Å². The van der Waals surface area contributed by atoms with E-state index in [-0.39, 0.29) is 17.9 Å². The zero-order chi connectivity index (χ0) is 14.8. The summed E-state index contributed by atoms with van der Waals surface area (Å²) in [5, 5.41) is 0. The minimum absolute atomic E-state index is 0.0143. The molecular formula is C14H11ClF3NO. The molecule has 106 valence electrons. The van der Waals surface area contributed by atoms with Gasteiger partial charge in [0.15, 0.2) is 5.78 Å². The molecule has 1 aromatic rings. The largest absolute Gasteiger partial charge is 0.416 e. The molecule has 1 heterocycles. The Hall–Kier alpha value is -1.75. The molecule has 0 aromatic heterocycles. The minimum Gasteiger partial charge on any atom is -0.350 e. The number of hydrogen-bond acceptors (Lipinski definition) is 2. The minimum atomic E-state index is -4.40. The summed E-state index contributed by atoms with van der Waals surface area (Å²) in [5.74, 6) is -0.288. The second-order valence-corrected chi connectivity index (χ2v) is 4.72. The summed E-state index contributed by atoms with van der Waals surface area (Å²) in [7, 11) is 0. The highest BCUT2D eigenvalue weighted by atomic mass is 35.5. The SMILES string of the molecule is O=C(CN1C=CC=CC1Cl)c1ccc(C(F)(F)F)cc1. The third-order valence-electron chi connectivity index (χ3n) is 2.84. The van der Waals surface area contributed by atoms with Gasteiger partial charge in [0.25, 0.3) is 0 Å². The van der Waals surface area contributed by atoms with Crippen LogP contribution in [0, 0.1) is 0 Å². The van der Waals surface area contributed by atoms with Crippen LogP contribution in [0.4, 0.5) is 13.2 Å². The second kappa shape index (κ2) is 5.71. The summed E-state index contributed by atoms with van der Waals surface area (Å²) >= 11 is 5.99. The molecule has 0 amide bonds.